The summed E-state index contributed by atoms with van der Waals surface area (Å²) in [4.78, 5) is 39.8. The fourth-order valence-electron chi connectivity index (χ4n) is 3.86. The summed E-state index contributed by atoms with van der Waals surface area (Å²) in [6, 6.07) is 10.3. The van der Waals surface area contributed by atoms with Crippen molar-refractivity contribution in [3.8, 4) is 0 Å². The molecular weight excluding hydrogens is 430 g/mol. The number of piperazine rings is 1. The summed E-state index contributed by atoms with van der Waals surface area (Å²) in [6.45, 7) is 8.03. The molecule has 8 nitrogen and oxygen atoms in total. The maximum atomic E-state index is 12.9. The Bertz CT molecular complexity index is 899. The Morgan fingerprint density at radius 1 is 1.09 bits per heavy atom. The molecule has 8 heteroatoms. The molecule has 0 saturated carbocycles. The van der Waals surface area contributed by atoms with Crippen molar-refractivity contribution in [3.05, 3.63) is 66.3 Å². The molecule has 0 N–H and O–H groups in total. The van der Waals surface area contributed by atoms with Gasteiger partial charge in [-0.1, -0.05) is 42.5 Å². The number of rotatable bonds is 12. The summed E-state index contributed by atoms with van der Waals surface area (Å²) in [5, 5.41) is 0. The van der Waals surface area contributed by atoms with E-state index in [1.54, 1.807) is 4.90 Å². The molecule has 2 aromatic rings. The van der Waals surface area contributed by atoms with Gasteiger partial charge in [-0.2, -0.15) is 0 Å². The monoisotopic (exact) mass is 465 g/mol. The topological polar surface area (TPSA) is 78.9 Å². The van der Waals surface area contributed by atoms with E-state index in [9.17, 15) is 9.59 Å². The first-order chi connectivity index (χ1) is 16.7. The van der Waals surface area contributed by atoms with Gasteiger partial charge in [-0.3, -0.25) is 19.5 Å². The van der Waals surface area contributed by atoms with Gasteiger partial charge in [-0.05, 0) is 18.9 Å². The smallest absolute Gasteiger partial charge is 0.274 e. The lowest BCUT2D eigenvalue weighted by Gasteiger charge is -2.34. The van der Waals surface area contributed by atoms with Crippen molar-refractivity contribution >= 4 is 17.9 Å². The molecule has 2 amide bonds. The Morgan fingerprint density at radius 3 is 2.59 bits per heavy atom. The fourth-order valence-corrected chi connectivity index (χ4v) is 3.86. The van der Waals surface area contributed by atoms with Crippen LogP contribution in [0.1, 0.15) is 35.8 Å². The van der Waals surface area contributed by atoms with Crippen molar-refractivity contribution in [2.45, 2.75) is 19.8 Å². The van der Waals surface area contributed by atoms with Crippen LogP contribution in [0.5, 0.6) is 0 Å². The first-order valence-corrected chi connectivity index (χ1v) is 12.0. The minimum atomic E-state index is -0.201. The molecular formula is C26H35N5O3. The van der Waals surface area contributed by atoms with Gasteiger partial charge < -0.3 is 14.5 Å². The SMILES string of the molecule is CCOCCCN(CCC(=O)N1CCN(C/C=C/c2ccccc2)CC1)C(=O)c1cnccn1. The maximum Gasteiger partial charge on any atom is 0.274 e. The van der Waals surface area contributed by atoms with Crippen molar-refractivity contribution in [1.29, 1.82) is 0 Å². The number of benzene rings is 1. The molecule has 1 aromatic carbocycles. The van der Waals surface area contributed by atoms with Crippen molar-refractivity contribution in [2.75, 3.05) is 59.0 Å². The zero-order valence-electron chi connectivity index (χ0n) is 20.0. The number of hydrogen-bond donors (Lipinski definition) is 0. The van der Waals surface area contributed by atoms with E-state index in [2.05, 4.69) is 39.2 Å². The standard InChI is InChI=1S/C26H35N5O3/c1-2-34-21-7-15-31(26(33)24-22-27-12-13-28-24)16-11-25(32)30-19-17-29(18-20-30)14-6-10-23-8-4-3-5-9-23/h3-6,8-10,12-13,22H,2,7,11,14-21H2,1H3/b10-6+. The molecule has 0 spiro atoms. The van der Waals surface area contributed by atoms with Crippen molar-refractivity contribution in [1.82, 2.24) is 24.7 Å². The second-order valence-corrected chi connectivity index (χ2v) is 8.18. The van der Waals surface area contributed by atoms with Crippen LogP contribution in [0.3, 0.4) is 0 Å². The zero-order chi connectivity index (χ0) is 24.0. The van der Waals surface area contributed by atoms with E-state index in [-0.39, 0.29) is 11.8 Å². The predicted octanol–water partition coefficient (Wildman–Crippen LogP) is 2.59. The van der Waals surface area contributed by atoms with E-state index in [0.29, 0.717) is 57.9 Å². The van der Waals surface area contributed by atoms with Crippen LogP contribution in [0.15, 0.2) is 55.0 Å². The van der Waals surface area contributed by atoms with Crippen LogP contribution >= 0.6 is 0 Å². The van der Waals surface area contributed by atoms with Crippen LogP contribution in [-0.4, -0.2) is 95.5 Å². The highest BCUT2D eigenvalue weighted by molar-refractivity contribution is 5.92. The van der Waals surface area contributed by atoms with Gasteiger partial charge >= 0.3 is 0 Å². The largest absolute Gasteiger partial charge is 0.382 e. The maximum absolute atomic E-state index is 12.9. The number of hydrogen-bond acceptors (Lipinski definition) is 6. The number of aromatic nitrogens is 2. The second-order valence-electron chi connectivity index (χ2n) is 8.18. The normalized spacial score (nSPS) is 14.4. The van der Waals surface area contributed by atoms with Gasteiger partial charge in [-0.25, -0.2) is 4.98 Å². The highest BCUT2D eigenvalue weighted by Crippen LogP contribution is 2.08. The number of ether oxygens (including phenoxy) is 1. The molecule has 182 valence electrons. The fraction of sp³-hybridized carbons (Fsp3) is 0.462. The Hall–Kier alpha value is -3.10. The van der Waals surface area contributed by atoms with Gasteiger partial charge in [0.2, 0.25) is 5.91 Å². The molecule has 0 aliphatic carbocycles. The van der Waals surface area contributed by atoms with Crippen LogP contribution in [-0.2, 0) is 9.53 Å². The first-order valence-electron chi connectivity index (χ1n) is 12.0. The third-order valence-electron chi connectivity index (χ3n) is 5.78. The Morgan fingerprint density at radius 2 is 1.88 bits per heavy atom. The van der Waals surface area contributed by atoms with E-state index < -0.39 is 0 Å². The van der Waals surface area contributed by atoms with Gasteiger partial charge in [0, 0.05) is 77.8 Å². The highest BCUT2D eigenvalue weighted by atomic mass is 16.5. The second kappa shape index (κ2) is 14.2. The first kappa shape index (κ1) is 25.5. The average molecular weight is 466 g/mol. The van der Waals surface area contributed by atoms with Gasteiger partial charge in [0.05, 0.1) is 6.20 Å². The average Bonchev–Trinajstić information content (AvgIpc) is 2.89. The summed E-state index contributed by atoms with van der Waals surface area (Å²) in [5.74, 6) is -0.117. The van der Waals surface area contributed by atoms with Crippen molar-refractivity contribution in [3.63, 3.8) is 0 Å². The van der Waals surface area contributed by atoms with Crippen LogP contribution in [0, 0.1) is 0 Å². The van der Waals surface area contributed by atoms with Crippen molar-refractivity contribution < 1.29 is 14.3 Å². The quantitative estimate of drug-likeness (QED) is 0.449. The highest BCUT2D eigenvalue weighted by Gasteiger charge is 2.23. The van der Waals surface area contributed by atoms with E-state index in [1.807, 2.05) is 30.0 Å². The molecule has 1 fully saturated rings. The lowest BCUT2D eigenvalue weighted by Crippen LogP contribution is -2.49. The summed E-state index contributed by atoms with van der Waals surface area (Å²) >= 11 is 0. The third kappa shape index (κ3) is 8.35. The number of carbonyl (C=O) groups excluding carboxylic acids is 2. The minimum Gasteiger partial charge on any atom is -0.382 e. The Kier molecular flexibility index (Phi) is 10.7. The number of amides is 2. The van der Waals surface area contributed by atoms with Gasteiger partial charge in [0.15, 0.2) is 0 Å². The van der Waals surface area contributed by atoms with E-state index in [1.165, 1.54) is 24.2 Å². The lowest BCUT2D eigenvalue weighted by molar-refractivity contribution is -0.133. The summed E-state index contributed by atoms with van der Waals surface area (Å²) in [7, 11) is 0. The molecule has 0 atom stereocenters. The van der Waals surface area contributed by atoms with E-state index in [4.69, 9.17) is 4.74 Å². The van der Waals surface area contributed by atoms with Crippen LogP contribution < -0.4 is 0 Å². The molecule has 0 unspecified atom stereocenters. The molecule has 1 aromatic heterocycles. The predicted molar refractivity (Wildman–Crippen MR) is 132 cm³/mol. The van der Waals surface area contributed by atoms with Crippen LogP contribution in [0.2, 0.25) is 0 Å². The summed E-state index contributed by atoms with van der Waals surface area (Å²) in [5.41, 5.74) is 1.49. The molecule has 1 saturated heterocycles. The molecule has 1 aliphatic rings. The Balaban J connectivity index is 1.44. The van der Waals surface area contributed by atoms with E-state index in [0.717, 1.165) is 19.6 Å². The van der Waals surface area contributed by atoms with Gasteiger partial charge in [0.1, 0.15) is 5.69 Å². The van der Waals surface area contributed by atoms with Crippen LogP contribution in [0.25, 0.3) is 6.08 Å². The molecule has 2 heterocycles. The van der Waals surface area contributed by atoms with E-state index >= 15 is 0 Å². The number of nitrogens with zero attached hydrogens (tertiary/aromatic N) is 5. The third-order valence-corrected chi connectivity index (χ3v) is 5.78. The van der Waals surface area contributed by atoms with Gasteiger partial charge in [0.25, 0.3) is 5.91 Å². The molecule has 1 aliphatic heterocycles. The van der Waals surface area contributed by atoms with Crippen LogP contribution in [0.4, 0.5) is 0 Å². The molecule has 0 radical (unpaired) electrons. The summed E-state index contributed by atoms with van der Waals surface area (Å²) < 4.78 is 5.40. The molecule has 3 rings (SSSR count). The molecule has 34 heavy (non-hydrogen) atoms. The van der Waals surface area contributed by atoms with Crippen molar-refractivity contribution in [2.24, 2.45) is 0 Å². The molecule has 0 bridgehead atoms. The summed E-state index contributed by atoms with van der Waals surface area (Å²) in [6.07, 6.45) is 9.82. The minimum absolute atomic E-state index is 0.0845. The lowest BCUT2D eigenvalue weighted by atomic mass is 10.2. The Labute approximate surface area is 202 Å². The van der Waals surface area contributed by atoms with Gasteiger partial charge in [-0.15, -0.1) is 0 Å². The zero-order valence-corrected chi connectivity index (χ0v) is 20.0. The number of carbonyl (C=O) groups is 2.